The third-order valence-electron chi connectivity index (χ3n) is 4.57. The fraction of sp³-hybridized carbons (Fsp3) is 0.250. The van der Waals surface area contributed by atoms with Crippen molar-refractivity contribution in [2.24, 2.45) is 7.05 Å². The summed E-state index contributed by atoms with van der Waals surface area (Å²) in [5, 5.41) is 2.85. The Balaban J connectivity index is 1.43. The van der Waals surface area contributed by atoms with E-state index in [1.165, 1.54) is 6.07 Å². The zero-order chi connectivity index (χ0) is 21.2. The molecule has 0 aliphatic heterocycles. The van der Waals surface area contributed by atoms with E-state index >= 15 is 0 Å². The number of amides is 1. The van der Waals surface area contributed by atoms with Crippen molar-refractivity contribution in [3.05, 3.63) is 94.4 Å². The molecule has 3 aromatic rings. The minimum atomic E-state index is -0.204. The molecule has 3 rings (SSSR count). The van der Waals surface area contributed by atoms with Crippen LogP contribution < -0.4 is 20.2 Å². The zero-order valence-corrected chi connectivity index (χ0v) is 17.0. The number of para-hydroxylation sites is 1. The predicted molar refractivity (Wildman–Crippen MR) is 115 cm³/mol. The van der Waals surface area contributed by atoms with Gasteiger partial charge in [-0.05, 0) is 24.1 Å². The van der Waals surface area contributed by atoms with E-state index in [1.807, 2.05) is 67.7 Å². The van der Waals surface area contributed by atoms with Crippen LogP contribution in [-0.2, 0) is 25.0 Å². The van der Waals surface area contributed by atoms with E-state index in [2.05, 4.69) is 5.32 Å². The summed E-state index contributed by atoms with van der Waals surface area (Å²) in [5.41, 5.74) is 1.50. The molecular weight excluding hydrogens is 380 g/mol. The Morgan fingerprint density at radius 1 is 1.00 bits per heavy atom. The molecule has 156 valence electrons. The SMILES string of the molecule is Cn1cc(OCc2ccccc2)c(=O)cc1CNC(=O)CCCOc1ccccc1. The smallest absolute Gasteiger partial charge is 0.223 e. The van der Waals surface area contributed by atoms with Crippen LogP contribution in [0.4, 0.5) is 0 Å². The summed E-state index contributed by atoms with van der Waals surface area (Å²) >= 11 is 0. The molecule has 0 saturated heterocycles. The van der Waals surface area contributed by atoms with Crippen molar-refractivity contribution in [2.75, 3.05) is 6.61 Å². The lowest BCUT2D eigenvalue weighted by atomic mass is 10.2. The number of ether oxygens (including phenoxy) is 2. The van der Waals surface area contributed by atoms with Crippen molar-refractivity contribution in [3.8, 4) is 11.5 Å². The topological polar surface area (TPSA) is 69.6 Å². The average molecular weight is 406 g/mol. The maximum atomic E-state index is 12.3. The molecule has 0 unspecified atom stereocenters. The first kappa shape index (κ1) is 21.2. The number of aromatic nitrogens is 1. The van der Waals surface area contributed by atoms with Crippen molar-refractivity contribution in [1.82, 2.24) is 9.88 Å². The number of carbonyl (C=O) groups excluding carboxylic acids is 1. The number of nitrogens with one attached hydrogen (secondary N) is 1. The molecule has 0 bridgehead atoms. The number of rotatable bonds is 10. The number of hydrogen-bond acceptors (Lipinski definition) is 4. The van der Waals surface area contributed by atoms with Gasteiger partial charge in [-0.1, -0.05) is 48.5 Å². The van der Waals surface area contributed by atoms with Crippen molar-refractivity contribution < 1.29 is 14.3 Å². The summed E-state index contributed by atoms with van der Waals surface area (Å²) < 4.78 is 13.0. The molecule has 1 heterocycles. The average Bonchev–Trinajstić information content (AvgIpc) is 2.77. The Bertz CT molecular complexity index is 1000. The molecular formula is C24H26N2O4. The molecule has 1 aromatic heterocycles. The number of hydrogen-bond donors (Lipinski definition) is 1. The van der Waals surface area contributed by atoms with Crippen LogP contribution in [0.2, 0.25) is 0 Å². The second-order valence-corrected chi connectivity index (χ2v) is 6.92. The molecule has 1 amide bonds. The van der Waals surface area contributed by atoms with Gasteiger partial charge in [0.1, 0.15) is 12.4 Å². The molecule has 2 aromatic carbocycles. The van der Waals surface area contributed by atoms with E-state index in [-0.39, 0.29) is 23.6 Å². The molecule has 30 heavy (non-hydrogen) atoms. The quantitative estimate of drug-likeness (QED) is 0.524. The molecule has 0 atom stereocenters. The van der Waals surface area contributed by atoms with E-state index in [0.29, 0.717) is 31.7 Å². The summed E-state index contributed by atoms with van der Waals surface area (Å²) in [7, 11) is 1.82. The van der Waals surface area contributed by atoms with Crippen molar-refractivity contribution in [2.45, 2.75) is 26.0 Å². The lowest BCUT2D eigenvalue weighted by Gasteiger charge is -2.13. The molecule has 0 fully saturated rings. The van der Waals surface area contributed by atoms with E-state index in [9.17, 15) is 9.59 Å². The van der Waals surface area contributed by atoms with E-state index < -0.39 is 0 Å². The van der Waals surface area contributed by atoms with Crippen molar-refractivity contribution >= 4 is 5.91 Å². The summed E-state index contributed by atoms with van der Waals surface area (Å²) in [6.45, 7) is 1.09. The molecule has 0 aliphatic rings. The van der Waals surface area contributed by atoms with Gasteiger partial charge in [-0.25, -0.2) is 0 Å². The molecule has 6 heteroatoms. The minimum absolute atomic E-state index is 0.0801. The molecule has 0 aliphatic carbocycles. The van der Waals surface area contributed by atoms with Crippen LogP contribution in [0, 0.1) is 0 Å². The van der Waals surface area contributed by atoms with E-state index in [0.717, 1.165) is 11.3 Å². The van der Waals surface area contributed by atoms with Crippen LogP contribution in [-0.4, -0.2) is 17.1 Å². The van der Waals surface area contributed by atoms with Gasteiger partial charge < -0.3 is 19.4 Å². The summed E-state index contributed by atoms with van der Waals surface area (Å²) in [6, 6.07) is 20.7. The first-order chi connectivity index (χ1) is 14.6. The van der Waals surface area contributed by atoms with Gasteiger partial charge in [-0.3, -0.25) is 9.59 Å². The van der Waals surface area contributed by atoms with Gasteiger partial charge in [0.05, 0.1) is 19.3 Å². The van der Waals surface area contributed by atoms with Gasteiger partial charge in [0, 0.05) is 25.2 Å². The molecule has 0 radical (unpaired) electrons. The monoisotopic (exact) mass is 406 g/mol. The van der Waals surface area contributed by atoms with Gasteiger partial charge in [0.25, 0.3) is 0 Å². The second kappa shape index (κ2) is 10.9. The zero-order valence-electron chi connectivity index (χ0n) is 17.0. The lowest BCUT2D eigenvalue weighted by Crippen LogP contribution is -2.26. The van der Waals surface area contributed by atoms with Crippen LogP contribution >= 0.6 is 0 Å². The highest BCUT2D eigenvalue weighted by atomic mass is 16.5. The fourth-order valence-corrected chi connectivity index (χ4v) is 2.88. The van der Waals surface area contributed by atoms with E-state index in [4.69, 9.17) is 9.47 Å². The third kappa shape index (κ3) is 6.51. The fourth-order valence-electron chi connectivity index (χ4n) is 2.88. The summed E-state index contributed by atoms with van der Waals surface area (Å²) in [5.74, 6) is 1.00. The van der Waals surface area contributed by atoms with Gasteiger partial charge in [0.2, 0.25) is 11.3 Å². The van der Waals surface area contributed by atoms with Crippen LogP contribution in [0.1, 0.15) is 24.1 Å². The minimum Gasteiger partial charge on any atom is -0.494 e. The summed E-state index contributed by atoms with van der Waals surface area (Å²) in [6.07, 6.45) is 2.63. The number of aryl methyl sites for hydroxylation is 1. The Kier molecular flexibility index (Phi) is 7.66. The molecule has 1 N–H and O–H groups in total. The Morgan fingerprint density at radius 2 is 1.70 bits per heavy atom. The van der Waals surface area contributed by atoms with Gasteiger partial charge in [0.15, 0.2) is 5.75 Å². The predicted octanol–water partition coefficient (Wildman–Crippen LogP) is 3.44. The number of nitrogens with zero attached hydrogens (tertiary/aromatic N) is 1. The number of benzene rings is 2. The van der Waals surface area contributed by atoms with E-state index in [1.54, 1.807) is 10.8 Å². The molecule has 6 nitrogen and oxygen atoms in total. The van der Waals surface area contributed by atoms with Crippen LogP contribution in [0.25, 0.3) is 0 Å². The Labute approximate surface area is 176 Å². The highest BCUT2D eigenvalue weighted by Gasteiger charge is 2.08. The maximum absolute atomic E-state index is 12.3. The van der Waals surface area contributed by atoms with Crippen LogP contribution in [0.15, 0.2) is 77.7 Å². The summed E-state index contributed by atoms with van der Waals surface area (Å²) in [4.78, 5) is 24.4. The lowest BCUT2D eigenvalue weighted by molar-refractivity contribution is -0.121. The first-order valence-electron chi connectivity index (χ1n) is 9.92. The van der Waals surface area contributed by atoms with Crippen molar-refractivity contribution in [1.29, 1.82) is 0 Å². The molecule has 0 saturated carbocycles. The first-order valence-corrected chi connectivity index (χ1v) is 9.92. The Hall–Kier alpha value is -3.54. The molecule has 0 spiro atoms. The second-order valence-electron chi connectivity index (χ2n) is 6.92. The van der Waals surface area contributed by atoms with Gasteiger partial charge >= 0.3 is 0 Å². The van der Waals surface area contributed by atoms with Crippen molar-refractivity contribution in [3.63, 3.8) is 0 Å². The standard InChI is InChI=1S/C24H26N2O4/c1-26-17-23(30-18-19-9-4-2-5-10-19)22(27)15-20(26)16-25-24(28)13-8-14-29-21-11-6-3-7-12-21/h2-7,9-12,15,17H,8,13-14,16,18H2,1H3,(H,25,28). The number of pyridine rings is 1. The Morgan fingerprint density at radius 3 is 2.43 bits per heavy atom. The van der Waals surface area contributed by atoms with Crippen LogP contribution in [0.5, 0.6) is 11.5 Å². The third-order valence-corrected chi connectivity index (χ3v) is 4.57. The highest BCUT2D eigenvalue weighted by molar-refractivity contribution is 5.75. The normalized spacial score (nSPS) is 10.4. The van der Waals surface area contributed by atoms with Crippen LogP contribution in [0.3, 0.4) is 0 Å². The number of carbonyl (C=O) groups is 1. The van der Waals surface area contributed by atoms with Gasteiger partial charge in [-0.15, -0.1) is 0 Å². The largest absolute Gasteiger partial charge is 0.494 e. The van der Waals surface area contributed by atoms with Gasteiger partial charge in [-0.2, -0.15) is 0 Å². The maximum Gasteiger partial charge on any atom is 0.223 e. The highest BCUT2D eigenvalue weighted by Crippen LogP contribution is 2.10.